The van der Waals surface area contributed by atoms with E-state index in [1.165, 1.54) is 128 Å². The summed E-state index contributed by atoms with van der Waals surface area (Å²) in [5.41, 5.74) is 0. The van der Waals surface area contributed by atoms with Crippen LogP contribution in [-0.4, -0.2) is 59.6 Å². The van der Waals surface area contributed by atoms with Crippen molar-refractivity contribution in [2.24, 2.45) is 0 Å². The zero-order chi connectivity index (χ0) is 47.5. The molecule has 0 fully saturated rings. The molecule has 0 radical (unpaired) electrons. The summed E-state index contributed by atoms with van der Waals surface area (Å²) in [6.07, 6.45) is 51.5. The number of carbonyl (C=O) groups is 3. The highest BCUT2D eigenvalue weighted by Gasteiger charge is 2.20. The zero-order valence-corrected chi connectivity index (χ0v) is 43.0. The minimum absolute atomic E-state index is 0.116. The van der Waals surface area contributed by atoms with Gasteiger partial charge in [0.1, 0.15) is 13.2 Å². The lowest BCUT2D eigenvalue weighted by molar-refractivity contribution is -0.167. The van der Waals surface area contributed by atoms with E-state index in [0.717, 1.165) is 103 Å². The van der Waals surface area contributed by atoms with Gasteiger partial charge in [-0.2, -0.15) is 0 Å². The topological polar surface area (TPSA) is 119 Å². The molecular formula is C57H106O8. The first-order valence-corrected chi connectivity index (χ1v) is 28.0. The van der Waals surface area contributed by atoms with Gasteiger partial charge in [0, 0.05) is 19.3 Å². The number of aliphatic hydroxyl groups excluding tert-OH is 2. The highest BCUT2D eigenvalue weighted by Crippen LogP contribution is 2.17. The Labute approximate surface area is 401 Å². The van der Waals surface area contributed by atoms with E-state index in [0.29, 0.717) is 32.1 Å². The summed E-state index contributed by atoms with van der Waals surface area (Å²) in [6, 6.07) is 0. The summed E-state index contributed by atoms with van der Waals surface area (Å²) in [5.74, 6) is -1.01. The number of hydrogen-bond donors (Lipinski definition) is 2. The van der Waals surface area contributed by atoms with Gasteiger partial charge in [0.15, 0.2) is 6.10 Å². The molecule has 0 aliphatic heterocycles. The van der Waals surface area contributed by atoms with Gasteiger partial charge in [-0.05, 0) is 83.5 Å². The minimum atomic E-state index is -0.824. The predicted octanol–water partition coefficient (Wildman–Crippen LogP) is 16.3. The maximum Gasteiger partial charge on any atom is 0.306 e. The summed E-state index contributed by atoms with van der Waals surface area (Å²) in [4.78, 5) is 38.1. The molecule has 0 aliphatic carbocycles. The number of esters is 3. The van der Waals surface area contributed by atoms with Crippen LogP contribution in [0.1, 0.15) is 290 Å². The van der Waals surface area contributed by atoms with Gasteiger partial charge in [-0.1, -0.05) is 212 Å². The van der Waals surface area contributed by atoms with Crippen LogP contribution >= 0.6 is 0 Å². The third-order valence-corrected chi connectivity index (χ3v) is 12.6. The number of allylic oxidation sites excluding steroid dienone is 4. The quantitative estimate of drug-likeness (QED) is 0.0268. The number of ether oxygens (including phenoxy) is 3. The Morgan fingerprint density at radius 2 is 0.615 bits per heavy atom. The Kier molecular flexibility index (Phi) is 49.5. The molecule has 8 nitrogen and oxygen atoms in total. The van der Waals surface area contributed by atoms with Crippen molar-refractivity contribution in [2.75, 3.05) is 13.2 Å². The molecule has 0 saturated carbocycles. The molecule has 3 unspecified atom stereocenters. The molecule has 0 heterocycles. The first-order valence-electron chi connectivity index (χ1n) is 28.0. The second-order valence-corrected chi connectivity index (χ2v) is 19.1. The van der Waals surface area contributed by atoms with Crippen LogP contribution in [0, 0.1) is 0 Å². The van der Waals surface area contributed by atoms with Gasteiger partial charge < -0.3 is 24.4 Å². The number of aliphatic hydroxyl groups is 2. The molecule has 0 aromatic heterocycles. The van der Waals surface area contributed by atoms with Crippen LogP contribution in [0.3, 0.4) is 0 Å². The lowest BCUT2D eigenvalue weighted by atomic mass is 9.99. The number of carbonyl (C=O) groups excluding carboxylic acids is 3. The molecule has 8 heteroatoms. The largest absolute Gasteiger partial charge is 0.462 e. The van der Waals surface area contributed by atoms with Crippen LogP contribution in [0.4, 0.5) is 0 Å². The fourth-order valence-electron chi connectivity index (χ4n) is 8.23. The molecule has 3 atom stereocenters. The predicted molar refractivity (Wildman–Crippen MR) is 273 cm³/mol. The van der Waals surface area contributed by atoms with Gasteiger partial charge in [-0.15, -0.1) is 0 Å². The second-order valence-electron chi connectivity index (χ2n) is 19.1. The van der Waals surface area contributed by atoms with Gasteiger partial charge in [0.2, 0.25) is 0 Å². The third kappa shape index (κ3) is 48.1. The number of hydrogen-bond acceptors (Lipinski definition) is 8. The normalized spacial score (nSPS) is 13.1. The van der Waals surface area contributed by atoms with Gasteiger partial charge >= 0.3 is 17.9 Å². The third-order valence-electron chi connectivity index (χ3n) is 12.6. The van der Waals surface area contributed by atoms with E-state index in [9.17, 15) is 24.6 Å². The molecule has 0 aromatic carbocycles. The Morgan fingerprint density at radius 3 is 0.938 bits per heavy atom. The van der Waals surface area contributed by atoms with E-state index in [1.807, 2.05) is 0 Å². The number of rotatable bonds is 51. The van der Waals surface area contributed by atoms with Crippen molar-refractivity contribution in [1.82, 2.24) is 0 Å². The molecule has 0 aliphatic rings. The Bertz CT molecular complexity index is 1090. The van der Waals surface area contributed by atoms with E-state index >= 15 is 0 Å². The molecule has 2 N–H and O–H groups in total. The lowest BCUT2D eigenvalue weighted by Crippen LogP contribution is -2.30. The Balaban J connectivity index is 4.47. The molecule has 0 aromatic rings. The molecule has 0 bridgehead atoms. The van der Waals surface area contributed by atoms with Crippen molar-refractivity contribution in [1.29, 1.82) is 0 Å². The van der Waals surface area contributed by atoms with E-state index in [4.69, 9.17) is 14.2 Å². The van der Waals surface area contributed by atoms with Crippen LogP contribution in [0.5, 0.6) is 0 Å². The maximum absolute atomic E-state index is 12.8. The lowest BCUT2D eigenvalue weighted by Gasteiger charge is -2.18. The van der Waals surface area contributed by atoms with Crippen molar-refractivity contribution in [3.63, 3.8) is 0 Å². The van der Waals surface area contributed by atoms with Gasteiger partial charge in [0.25, 0.3) is 0 Å². The van der Waals surface area contributed by atoms with Gasteiger partial charge in [-0.25, -0.2) is 0 Å². The summed E-state index contributed by atoms with van der Waals surface area (Å²) in [7, 11) is 0. The molecular weight excluding hydrogens is 813 g/mol. The second kappa shape index (κ2) is 51.2. The Hall–Kier alpha value is -2.19. The van der Waals surface area contributed by atoms with Crippen molar-refractivity contribution >= 4 is 17.9 Å². The van der Waals surface area contributed by atoms with Crippen molar-refractivity contribution in [2.45, 2.75) is 309 Å². The van der Waals surface area contributed by atoms with Gasteiger partial charge in [0.05, 0.1) is 12.2 Å². The van der Waals surface area contributed by atoms with Crippen molar-refractivity contribution in [3.8, 4) is 0 Å². The average molecular weight is 919 g/mol. The van der Waals surface area contributed by atoms with Gasteiger partial charge in [-0.3, -0.25) is 14.4 Å². The molecule has 382 valence electrons. The molecule has 0 saturated heterocycles. The zero-order valence-electron chi connectivity index (χ0n) is 43.0. The van der Waals surface area contributed by atoms with Crippen molar-refractivity contribution in [3.05, 3.63) is 24.3 Å². The van der Waals surface area contributed by atoms with Crippen LogP contribution in [0.25, 0.3) is 0 Å². The summed E-state index contributed by atoms with van der Waals surface area (Å²) in [6.45, 7) is 6.47. The van der Waals surface area contributed by atoms with E-state index < -0.39 is 18.3 Å². The SMILES string of the molecule is CCCCCCCC/C=C/CCCCCCCC(=O)OCC(COC(=O)CCCCCCCC(O)C(O)CCCCCCCC)OC(=O)CCCCCCC/C=C/CCCCCCCC. The fraction of sp³-hybridized carbons (Fsp3) is 0.877. The van der Waals surface area contributed by atoms with E-state index in [2.05, 4.69) is 45.1 Å². The monoisotopic (exact) mass is 919 g/mol. The number of unbranched alkanes of at least 4 members (excludes halogenated alkanes) is 31. The summed E-state index contributed by atoms with van der Waals surface area (Å²) < 4.78 is 16.8. The maximum atomic E-state index is 12.8. The van der Waals surface area contributed by atoms with Crippen LogP contribution in [0.2, 0.25) is 0 Å². The standard InChI is InChI=1S/C57H106O8/c1-4-7-10-13-16-18-20-22-24-26-28-30-32-37-42-47-55(60)63-50-52(65-57(62)49-44-38-33-31-29-27-25-23-21-19-17-14-11-8-5-2)51-64-56(61)48-43-39-34-36-41-46-54(59)53(58)45-40-35-15-12-9-6-3/h22-25,52-54,58-59H,4-21,26-51H2,1-3H3/b24-22+,25-23+. The summed E-state index contributed by atoms with van der Waals surface area (Å²) in [5, 5.41) is 20.6. The molecule has 65 heavy (non-hydrogen) atoms. The molecule has 0 spiro atoms. The van der Waals surface area contributed by atoms with E-state index in [-0.39, 0.29) is 37.5 Å². The fourth-order valence-corrected chi connectivity index (χ4v) is 8.23. The molecule has 0 amide bonds. The van der Waals surface area contributed by atoms with Crippen molar-refractivity contribution < 1.29 is 38.8 Å². The average Bonchev–Trinajstić information content (AvgIpc) is 3.30. The van der Waals surface area contributed by atoms with Crippen LogP contribution < -0.4 is 0 Å². The van der Waals surface area contributed by atoms with Crippen LogP contribution in [-0.2, 0) is 28.6 Å². The van der Waals surface area contributed by atoms with Crippen LogP contribution in [0.15, 0.2) is 24.3 Å². The highest BCUT2D eigenvalue weighted by molar-refractivity contribution is 5.71. The first-order chi connectivity index (χ1) is 31.8. The Morgan fingerprint density at radius 1 is 0.354 bits per heavy atom. The first kappa shape index (κ1) is 62.8. The molecule has 0 rings (SSSR count). The highest BCUT2D eigenvalue weighted by atomic mass is 16.6. The summed E-state index contributed by atoms with van der Waals surface area (Å²) >= 11 is 0. The van der Waals surface area contributed by atoms with E-state index in [1.54, 1.807) is 0 Å². The minimum Gasteiger partial charge on any atom is -0.462 e. The smallest absolute Gasteiger partial charge is 0.306 e.